The normalized spacial score (nSPS) is 13.3. The number of carbonyl (C=O) groups excluding carboxylic acids is 1. The summed E-state index contributed by atoms with van der Waals surface area (Å²) >= 11 is 9.29. The lowest BCUT2D eigenvalue weighted by Gasteiger charge is -2.17. The lowest BCUT2D eigenvalue weighted by molar-refractivity contribution is 0.0780. The third-order valence-corrected chi connectivity index (χ3v) is 4.79. The van der Waals surface area contributed by atoms with Gasteiger partial charge in [0.2, 0.25) is 0 Å². The van der Waals surface area contributed by atoms with Crippen LogP contribution in [0, 0.1) is 0 Å². The molecule has 5 nitrogen and oxygen atoms in total. The van der Waals surface area contributed by atoms with Crippen LogP contribution in [-0.2, 0) is 19.5 Å². The van der Waals surface area contributed by atoms with Gasteiger partial charge in [0.25, 0.3) is 5.91 Å². The summed E-state index contributed by atoms with van der Waals surface area (Å²) in [6, 6.07) is 5.16. The summed E-state index contributed by atoms with van der Waals surface area (Å²) in [5.41, 5.74) is 0.593. The largest absolute Gasteiger partial charge is 0.334 e. The number of amides is 1. The zero-order valence-electron chi connectivity index (χ0n) is 11.5. The van der Waals surface area contributed by atoms with Crippen molar-refractivity contribution in [2.75, 3.05) is 7.05 Å². The van der Waals surface area contributed by atoms with Crippen LogP contribution in [0.25, 0.3) is 0 Å². The molecule has 0 bridgehead atoms. The maximum Gasteiger partial charge on any atom is 0.254 e. The van der Waals surface area contributed by atoms with Crippen molar-refractivity contribution in [3.8, 4) is 0 Å². The quantitative estimate of drug-likeness (QED) is 0.836. The second-order valence-corrected chi connectivity index (χ2v) is 6.34. The molecule has 3 rings (SSSR count). The van der Waals surface area contributed by atoms with Crippen LogP contribution in [0.15, 0.2) is 22.7 Å². The van der Waals surface area contributed by atoms with E-state index in [2.05, 4.69) is 30.7 Å². The molecule has 1 aliphatic heterocycles. The molecule has 2 aromatic rings. The Bertz CT molecular complexity index is 700. The summed E-state index contributed by atoms with van der Waals surface area (Å²) in [6.45, 7) is 1.39. The Morgan fingerprint density at radius 3 is 3.05 bits per heavy atom. The van der Waals surface area contributed by atoms with Crippen LogP contribution in [0.2, 0.25) is 5.02 Å². The van der Waals surface area contributed by atoms with Gasteiger partial charge >= 0.3 is 0 Å². The molecule has 1 aromatic heterocycles. The predicted octanol–water partition coefficient (Wildman–Crippen LogP) is 2.91. The Morgan fingerprint density at radius 1 is 1.48 bits per heavy atom. The second-order valence-electron chi connectivity index (χ2n) is 5.08. The Balaban J connectivity index is 1.76. The van der Waals surface area contributed by atoms with Gasteiger partial charge in [-0.25, -0.2) is 0 Å². The lowest BCUT2D eigenvalue weighted by atomic mass is 10.2. The molecule has 1 aliphatic rings. The Morgan fingerprint density at radius 2 is 2.29 bits per heavy atom. The molecular formula is C14H14BrClN4O. The zero-order valence-corrected chi connectivity index (χ0v) is 13.9. The first-order chi connectivity index (χ1) is 10.1. The van der Waals surface area contributed by atoms with E-state index in [-0.39, 0.29) is 5.91 Å². The van der Waals surface area contributed by atoms with Gasteiger partial charge in [-0.1, -0.05) is 11.6 Å². The smallest absolute Gasteiger partial charge is 0.254 e. The van der Waals surface area contributed by atoms with Gasteiger partial charge in [-0.2, -0.15) is 0 Å². The summed E-state index contributed by atoms with van der Waals surface area (Å²) in [7, 11) is 1.77. The van der Waals surface area contributed by atoms with Gasteiger partial charge in [0.1, 0.15) is 5.82 Å². The van der Waals surface area contributed by atoms with Crippen LogP contribution in [0.5, 0.6) is 0 Å². The van der Waals surface area contributed by atoms with Gasteiger partial charge in [-0.05, 0) is 40.5 Å². The molecule has 0 saturated carbocycles. The van der Waals surface area contributed by atoms with E-state index in [1.54, 1.807) is 30.1 Å². The number of hydrogen-bond acceptors (Lipinski definition) is 3. The molecular weight excluding hydrogens is 356 g/mol. The number of fused-ring (bicyclic) bond motifs is 1. The fourth-order valence-corrected chi connectivity index (χ4v) is 2.96. The number of carbonyl (C=O) groups is 1. The number of nitrogens with zero attached hydrogens (tertiary/aromatic N) is 4. The van der Waals surface area contributed by atoms with Gasteiger partial charge in [0.15, 0.2) is 5.82 Å². The summed E-state index contributed by atoms with van der Waals surface area (Å²) in [5.74, 6) is 1.79. The first-order valence-corrected chi connectivity index (χ1v) is 7.85. The van der Waals surface area contributed by atoms with Crippen molar-refractivity contribution >= 4 is 33.4 Å². The zero-order chi connectivity index (χ0) is 15.0. The monoisotopic (exact) mass is 368 g/mol. The van der Waals surface area contributed by atoms with Crippen molar-refractivity contribution in [2.24, 2.45) is 0 Å². The van der Waals surface area contributed by atoms with Gasteiger partial charge < -0.3 is 9.47 Å². The molecule has 0 spiro atoms. The molecule has 0 N–H and O–H groups in total. The molecule has 7 heteroatoms. The van der Waals surface area contributed by atoms with Crippen molar-refractivity contribution in [3.05, 3.63) is 44.9 Å². The minimum Gasteiger partial charge on any atom is -0.334 e. The molecule has 1 aromatic carbocycles. The van der Waals surface area contributed by atoms with Crippen LogP contribution in [0.3, 0.4) is 0 Å². The van der Waals surface area contributed by atoms with Crippen LogP contribution < -0.4 is 0 Å². The third-order valence-electron chi connectivity index (χ3n) is 3.58. The molecule has 0 saturated heterocycles. The standard InChI is InChI=1S/C14H14BrClN4O/c1-19(8-13-18-17-12-3-2-6-20(12)13)14(21)9-4-5-11(16)10(15)7-9/h4-5,7H,2-3,6,8H2,1H3. The first kappa shape index (κ1) is 14.5. The maximum absolute atomic E-state index is 12.4. The topological polar surface area (TPSA) is 51.0 Å². The fraction of sp³-hybridized carbons (Fsp3) is 0.357. The van der Waals surface area contributed by atoms with Crippen LogP contribution in [0.4, 0.5) is 0 Å². The molecule has 0 unspecified atom stereocenters. The van der Waals surface area contributed by atoms with Gasteiger partial charge in [0.05, 0.1) is 11.6 Å². The van der Waals surface area contributed by atoms with E-state index in [4.69, 9.17) is 11.6 Å². The molecule has 0 aliphatic carbocycles. The molecule has 0 atom stereocenters. The molecule has 1 amide bonds. The third kappa shape index (κ3) is 2.82. The van der Waals surface area contributed by atoms with E-state index in [1.807, 2.05) is 0 Å². The molecule has 0 fully saturated rings. The Hall–Kier alpha value is -1.40. The first-order valence-electron chi connectivity index (χ1n) is 6.67. The average molecular weight is 370 g/mol. The van der Waals surface area contributed by atoms with E-state index >= 15 is 0 Å². The highest BCUT2D eigenvalue weighted by molar-refractivity contribution is 9.10. The van der Waals surface area contributed by atoms with Gasteiger partial charge in [-0.15, -0.1) is 10.2 Å². The van der Waals surface area contributed by atoms with E-state index < -0.39 is 0 Å². The van der Waals surface area contributed by atoms with E-state index in [0.717, 1.165) is 31.0 Å². The number of benzene rings is 1. The molecule has 21 heavy (non-hydrogen) atoms. The van der Waals surface area contributed by atoms with Crippen molar-refractivity contribution in [1.82, 2.24) is 19.7 Å². The van der Waals surface area contributed by atoms with E-state index in [9.17, 15) is 4.79 Å². The summed E-state index contributed by atoms with van der Waals surface area (Å²) in [4.78, 5) is 14.1. The molecule has 2 heterocycles. The number of aromatic nitrogens is 3. The molecule has 110 valence electrons. The average Bonchev–Trinajstić information content (AvgIpc) is 3.06. The Labute approximate surface area is 136 Å². The van der Waals surface area contributed by atoms with Crippen LogP contribution in [-0.4, -0.2) is 32.6 Å². The van der Waals surface area contributed by atoms with Crippen LogP contribution in [0.1, 0.15) is 28.4 Å². The summed E-state index contributed by atoms with van der Waals surface area (Å²) in [6.07, 6.45) is 2.06. The highest BCUT2D eigenvalue weighted by atomic mass is 79.9. The van der Waals surface area contributed by atoms with Crippen molar-refractivity contribution in [2.45, 2.75) is 25.9 Å². The van der Waals surface area contributed by atoms with Crippen molar-refractivity contribution in [1.29, 1.82) is 0 Å². The predicted molar refractivity (Wildman–Crippen MR) is 83.3 cm³/mol. The minimum absolute atomic E-state index is 0.0669. The lowest BCUT2D eigenvalue weighted by Crippen LogP contribution is -2.27. The number of aryl methyl sites for hydroxylation is 1. The highest BCUT2D eigenvalue weighted by Gasteiger charge is 2.20. The van der Waals surface area contributed by atoms with E-state index in [1.165, 1.54) is 0 Å². The Kier molecular flexibility index (Phi) is 3.99. The SMILES string of the molecule is CN(Cc1nnc2n1CCC2)C(=O)c1ccc(Cl)c(Br)c1. The highest BCUT2D eigenvalue weighted by Crippen LogP contribution is 2.24. The summed E-state index contributed by atoms with van der Waals surface area (Å²) in [5, 5.41) is 8.92. The maximum atomic E-state index is 12.4. The minimum atomic E-state index is -0.0669. The van der Waals surface area contributed by atoms with Crippen molar-refractivity contribution in [3.63, 3.8) is 0 Å². The van der Waals surface area contributed by atoms with E-state index in [0.29, 0.717) is 21.6 Å². The number of rotatable bonds is 3. The summed E-state index contributed by atoms with van der Waals surface area (Å²) < 4.78 is 2.81. The number of hydrogen-bond donors (Lipinski definition) is 0. The van der Waals surface area contributed by atoms with Crippen LogP contribution >= 0.6 is 27.5 Å². The second kappa shape index (κ2) is 5.77. The van der Waals surface area contributed by atoms with Gasteiger partial charge in [0, 0.05) is 30.0 Å². The van der Waals surface area contributed by atoms with Gasteiger partial charge in [-0.3, -0.25) is 4.79 Å². The fourth-order valence-electron chi connectivity index (χ4n) is 2.46. The molecule has 0 radical (unpaired) electrons. The number of halogens is 2. The van der Waals surface area contributed by atoms with Crippen molar-refractivity contribution < 1.29 is 4.79 Å².